The van der Waals surface area contributed by atoms with E-state index >= 15 is 0 Å². The van der Waals surface area contributed by atoms with Crippen molar-refractivity contribution in [1.29, 1.82) is 0 Å². The van der Waals surface area contributed by atoms with Crippen LogP contribution in [0.4, 0.5) is 0 Å². The minimum Gasteiger partial charge on any atom is -0.334 e. The highest BCUT2D eigenvalue weighted by Gasteiger charge is 2.35. The van der Waals surface area contributed by atoms with Crippen LogP contribution in [0.3, 0.4) is 0 Å². The standard InChI is InChI=1S/C17H23N5O/c1-4-21-11-16-20-19-15(9-13-6-5-7-18-10-13)22(16)14(17(21)23)8-12(2)3/h5-7,10,12,14H,4,8-9,11H2,1-3H3/t14-/m0/s1. The first-order valence-electron chi connectivity index (χ1n) is 8.20. The van der Waals surface area contributed by atoms with Crippen LogP contribution in [0.25, 0.3) is 0 Å². The van der Waals surface area contributed by atoms with Gasteiger partial charge in [0.05, 0.1) is 6.54 Å². The molecule has 23 heavy (non-hydrogen) atoms. The summed E-state index contributed by atoms with van der Waals surface area (Å²) in [6.45, 7) is 7.54. The van der Waals surface area contributed by atoms with Crippen LogP contribution in [0.5, 0.6) is 0 Å². The molecule has 2 aromatic rings. The molecule has 0 N–H and O–H groups in total. The van der Waals surface area contributed by atoms with E-state index in [1.807, 2.05) is 30.2 Å². The molecule has 0 bridgehead atoms. The molecule has 0 saturated heterocycles. The summed E-state index contributed by atoms with van der Waals surface area (Å²) in [7, 11) is 0. The second-order valence-corrected chi connectivity index (χ2v) is 6.44. The number of carbonyl (C=O) groups is 1. The molecular weight excluding hydrogens is 290 g/mol. The first kappa shape index (κ1) is 15.6. The van der Waals surface area contributed by atoms with Gasteiger partial charge < -0.3 is 9.47 Å². The zero-order valence-electron chi connectivity index (χ0n) is 13.9. The fourth-order valence-corrected chi connectivity index (χ4v) is 3.12. The Morgan fingerprint density at radius 1 is 1.35 bits per heavy atom. The Labute approximate surface area is 136 Å². The van der Waals surface area contributed by atoms with Gasteiger partial charge in [0.15, 0.2) is 5.82 Å². The molecule has 0 aromatic carbocycles. The third kappa shape index (κ3) is 3.11. The Morgan fingerprint density at radius 2 is 2.17 bits per heavy atom. The van der Waals surface area contributed by atoms with Gasteiger partial charge in [0.2, 0.25) is 5.91 Å². The van der Waals surface area contributed by atoms with Crippen LogP contribution in [0.15, 0.2) is 24.5 Å². The molecule has 0 fully saturated rings. The highest BCUT2D eigenvalue weighted by Crippen LogP contribution is 2.29. The molecule has 0 saturated carbocycles. The smallest absolute Gasteiger partial charge is 0.246 e. The van der Waals surface area contributed by atoms with Crippen LogP contribution < -0.4 is 0 Å². The number of fused-ring (bicyclic) bond motifs is 1. The second-order valence-electron chi connectivity index (χ2n) is 6.44. The topological polar surface area (TPSA) is 63.9 Å². The molecule has 122 valence electrons. The lowest BCUT2D eigenvalue weighted by atomic mass is 10.00. The normalized spacial score (nSPS) is 17.7. The van der Waals surface area contributed by atoms with Gasteiger partial charge in [-0.05, 0) is 30.9 Å². The van der Waals surface area contributed by atoms with E-state index in [0.717, 1.165) is 23.6 Å². The minimum atomic E-state index is -0.194. The van der Waals surface area contributed by atoms with Gasteiger partial charge >= 0.3 is 0 Å². The van der Waals surface area contributed by atoms with Gasteiger partial charge in [0.1, 0.15) is 11.9 Å². The Morgan fingerprint density at radius 3 is 2.83 bits per heavy atom. The van der Waals surface area contributed by atoms with Gasteiger partial charge in [-0.25, -0.2) is 0 Å². The number of hydrogen-bond donors (Lipinski definition) is 0. The van der Waals surface area contributed by atoms with Crippen molar-refractivity contribution in [2.75, 3.05) is 6.54 Å². The third-order valence-corrected chi connectivity index (χ3v) is 4.24. The highest BCUT2D eigenvalue weighted by molar-refractivity contribution is 5.81. The monoisotopic (exact) mass is 313 g/mol. The number of aromatic nitrogens is 4. The maximum absolute atomic E-state index is 12.8. The first-order chi connectivity index (χ1) is 11.1. The van der Waals surface area contributed by atoms with Crippen LogP contribution in [-0.4, -0.2) is 37.1 Å². The Bertz CT molecular complexity index is 680. The van der Waals surface area contributed by atoms with E-state index in [1.54, 1.807) is 6.20 Å². The summed E-state index contributed by atoms with van der Waals surface area (Å²) in [5, 5.41) is 8.70. The summed E-state index contributed by atoms with van der Waals surface area (Å²) >= 11 is 0. The molecule has 0 radical (unpaired) electrons. The number of rotatable bonds is 5. The SMILES string of the molecule is CCN1Cc2nnc(Cc3cccnc3)n2[C@@H](CC(C)C)C1=O. The van der Waals surface area contributed by atoms with Gasteiger partial charge in [0.25, 0.3) is 0 Å². The molecule has 3 heterocycles. The zero-order chi connectivity index (χ0) is 16.4. The second kappa shape index (κ2) is 6.48. The van der Waals surface area contributed by atoms with Crippen molar-refractivity contribution >= 4 is 5.91 Å². The van der Waals surface area contributed by atoms with E-state index in [4.69, 9.17) is 0 Å². The largest absolute Gasteiger partial charge is 0.334 e. The summed E-state index contributed by atoms with van der Waals surface area (Å²) in [6.07, 6.45) is 5.05. The van der Waals surface area contributed by atoms with Crippen LogP contribution in [-0.2, 0) is 17.8 Å². The summed E-state index contributed by atoms with van der Waals surface area (Å²) in [6, 6.07) is 3.74. The molecule has 0 spiro atoms. The quantitative estimate of drug-likeness (QED) is 0.849. The lowest BCUT2D eigenvalue weighted by Crippen LogP contribution is -2.43. The van der Waals surface area contributed by atoms with Crippen LogP contribution in [0.1, 0.15) is 50.4 Å². The van der Waals surface area contributed by atoms with E-state index in [2.05, 4.69) is 33.6 Å². The summed E-state index contributed by atoms with van der Waals surface area (Å²) in [5.41, 5.74) is 1.08. The fourth-order valence-electron chi connectivity index (χ4n) is 3.12. The number of pyridine rings is 1. The van der Waals surface area contributed by atoms with Gasteiger partial charge in [-0.2, -0.15) is 0 Å². The van der Waals surface area contributed by atoms with Crippen molar-refractivity contribution in [3.63, 3.8) is 0 Å². The average Bonchev–Trinajstić information content (AvgIpc) is 2.93. The van der Waals surface area contributed by atoms with E-state index in [-0.39, 0.29) is 11.9 Å². The van der Waals surface area contributed by atoms with Crippen molar-refractivity contribution < 1.29 is 4.79 Å². The van der Waals surface area contributed by atoms with Gasteiger partial charge in [-0.1, -0.05) is 19.9 Å². The maximum Gasteiger partial charge on any atom is 0.246 e. The number of carbonyl (C=O) groups excluding carboxylic acids is 1. The van der Waals surface area contributed by atoms with Crippen molar-refractivity contribution in [2.45, 2.75) is 46.2 Å². The highest BCUT2D eigenvalue weighted by atomic mass is 16.2. The first-order valence-corrected chi connectivity index (χ1v) is 8.20. The van der Waals surface area contributed by atoms with Crippen LogP contribution in [0.2, 0.25) is 0 Å². The van der Waals surface area contributed by atoms with Gasteiger partial charge in [-0.15, -0.1) is 10.2 Å². The molecule has 1 aliphatic rings. The molecule has 0 aliphatic carbocycles. The molecular formula is C17H23N5O. The van der Waals surface area contributed by atoms with Crippen molar-refractivity contribution in [3.8, 4) is 0 Å². The van der Waals surface area contributed by atoms with E-state index in [1.165, 1.54) is 0 Å². The Hall–Kier alpha value is -2.24. The lowest BCUT2D eigenvalue weighted by Gasteiger charge is -2.34. The Kier molecular flexibility index (Phi) is 4.41. The number of amides is 1. The van der Waals surface area contributed by atoms with Crippen molar-refractivity contribution in [3.05, 3.63) is 41.7 Å². The predicted molar refractivity (Wildman–Crippen MR) is 86.6 cm³/mol. The Balaban J connectivity index is 1.97. The molecule has 1 aliphatic heterocycles. The number of likely N-dealkylation sites (N-methyl/N-ethyl adjacent to an activating group) is 1. The summed E-state index contributed by atoms with van der Waals surface area (Å²) in [5.74, 6) is 2.35. The molecule has 2 aromatic heterocycles. The van der Waals surface area contributed by atoms with Gasteiger partial charge in [0, 0.05) is 25.4 Å². The van der Waals surface area contributed by atoms with Gasteiger partial charge in [-0.3, -0.25) is 9.78 Å². The van der Waals surface area contributed by atoms with E-state index < -0.39 is 0 Å². The van der Waals surface area contributed by atoms with Crippen molar-refractivity contribution in [2.24, 2.45) is 5.92 Å². The molecule has 0 unspecified atom stereocenters. The molecule has 3 rings (SSSR count). The number of hydrogen-bond acceptors (Lipinski definition) is 4. The number of nitrogens with zero attached hydrogens (tertiary/aromatic N) is 5. The summed E-state index contributed by atoms with van der Waals surface area (Å²) < 4.78 is 2.06. The third-order valence-electron chi connectivity index (χ3n) is 4.24. The molecule has 6 heteroatoms. The molecule has 1 amide bonds. The fraction of sp³-hybridized carbons (Fsp3) is 0.529. The lowest BCUT2D eigenvalue weighted by molar-refractivity contribution is -0.137. The van der Waals surface area contributed by atoms with E-state index in [9.17, 15) is 4.79 Å². The summed E-state index contributed by atoms with van der Waals surface area (Å²) in [4.78, 5) is 18.8. The average molecular weight is 313 g/mol. The van der Waals surface area contributed by atoms with E-state index in [0.29, 0.717) is 25.4 Å². The van der Waals surface area contributed by atoms with Crippen LogP contribution >= 0.6 is 0 Å². The molecule has 6 nitrogen and oxygen atoms in total. The predicted octanol–water partition coefficient (Wildman–Crippen LogP) is 2.21. The molecule has 1 atom stereocenters. The maximum atomic E-state index is 12.8. The van der Waals surface area contributed by atoms with Crippen LogP contribution in [0, 0.1) is 5.92 Å². The van der Waals surface area contributed by atoms with Crippen molar-refractivity contribution in [1.82, 2.24) is 24.6 Å². The zero-order valence-corrected chi connectivity index (χ0v) is 13.9. The minimum absolute atomic E-state index is 0.181.